The van der Waals surface area contributed by atoms with Gasteiger partial charge in [-0.2, -0.15) is 0 Å². The Morgan fingerprint density at radius 3 is 2.70 bits per heavy atom. The summed E-state index contributed by atoms with van der Waals surface area (Å²) in [7, 11) is 0. The number of carbonyl (C=O) groups is 3. The minimum absolute atomic E-state index is 0.0522. The number of rotatable bonds is 8. The molecule has 3 rings (SSSR count). The van der Waals surface area contributed by atoms with E-state index in [4.69, 9.17) is 0 Å². The summed E-state index contributed by atoms with van der Waals surface area (Å²) in [5.74, 6) is 0.274. The first kappa shape index (κ1) is 19.9. The van der Waals surface area contributed by atoms with Crippen LogP contribution in [0.4, 0.5) is 0 Å². The Balaban J connectivity index is 1.40. The van der Waals surface area contributed by atoms with Crippen LogP contribution in [0.3, 0.4) is 0 Å². The third kappa shape index (κ3) is 5.31. The largest absolute Gasteiger partial charge is 0.355 e. The SMILES string of the molecule is Cc1ccsc1CCNC(=O)[C@H]1CCC(=O)N(CCCN2CCCC2=O)C1. The fourth-order valence-corrected chi connectivity index (χ4v) is 4.75. The third-order valence-corrected chi connectivity index (χ3v) is 6.60. The molecule has 0 aromatic carbocycles. The monoisotopic (exact) mass is 391 g/mol. The number of hydrogen-bond donors (Lipinski definition) is 1. The molecule has 2 fully saturated rings. The van der Waals surface area contributed by atoms with Gasteiger partial charge in [-0.1, -0.05) is 0 Å². The van der Waals surface area contributed by atoms with Crippen molar-refractivity contribution < 1.29 is 14.4 Å². The van der Waals surface area contributed by atoms with Crippen molar-refractivity contribution in [2.45, 2.75) is 45.4 Å². The van der Waals surface area contributed by atoms with Gasteiger partial charge in [-0.3, -0.25) is 14.4 Å². The van der Waals surface area contributed by atoms with Gasteiger partial charge < -0.3 is 15.1 Å². The minimum atomic E-state index is -0.124. The van der Waals surface area contributed by atoms with Crippen molar-refractivity contribution in [3.05, 3.63) is 21.9 Å². The molecular weight excluding hydrogens is 362 g/mol. The number of amides is 3. The second kappa shape index (κ2) is 9.35. The Labute approximate surface area is 164 Å². The number of nitrogens with one attached hydrogen (secondary N) is 1. The van der Waals surface area contributed by atoms with E-state index >= 15 is 0 Å². The standard InChI is InChI=1S/C20H29N3O3S/c1-15-8-13-27-17(15)7-9-21-20(26)16-5-6-19(25)23(14-16)12-3-11-22-10-2-4-18(22)24/h8,13,16H,2-7,9-12,14H2,1H3,(H,21,26)/t16-/m0/s1. The highest BCUT2D eigenvalue weighted by atomic mass is 32.1. The summed E-state index contributed by atoms with van der Waals surface area (Å²) in [6, 6.07) is 2.10. The van der Waals surface area contributed by atoms with Crippen LogP contribution >= 0.6 is 11.3 Å². The molecule has 3 amide bonds. The average molecular weight is 392 g/mol. The van der Waals surface area contributed by atoms with E-state index < -0.39 is 0 Å². The molecule has 7 heteroatoms. The summed E-state index contributed by atoms with van der Waals surface area (Å²) in [5.41, 5.74) is 1.28. The lowest BCUT2D eigenvalue weighted by Gasteiger charge is -2.32. The highest BCUT2D eigenvalue weighted by Crippen LogP contribution is 2.19. The fraction of sp³-hybridized carbons (Fsp3) is 0.650. The molecule has 0 aliphatic carbocycles. The molecule has 2 saturated heterocycles. The van der Waals surface area contributed by atoms with Crippen molar-refractivity contribution in [1.29, 1.82) is 0 Å². The molecule has 1 N–H and O–H groups in total. The molecule has 2 aliphatic rings. The number of piperidine rings is 1. The quantitative estimate of drug-likeness (QED) is 0.737. The second-order valence-electron chi connectivity index (χ2n) is 7.48. The summed E-state index contributed by atoms with van der Waals surface area (Å²) >= 11 is 1.72. The van der Waals surface area contributed by atoms with E-state index in [0.29, 0.717) is 45.4 Å². The smallest absolute Gasteiger partial charge is 0.224 e. The molecule has 6 nitrogen and oxygen atoms in total. The van der Waals surface area contributed by atoms with Crippen LogP contribution in [0.15, 0.2) is 11.4 Å². The van der Waals surface area contributed by atoms with Crippen molar-refractivity contribution in [2.24, 2.45) is 5.92 Å². The fourth-order valence-electron chi connectivity index (χ4n) is 3.84. The Morgan fingerprint density at radius 1 is 1.22 bits per heavy atom. The summed E-state index contributed by atoms with van der Waals surface area (Å²) in [5, 5.41) is 5.11. The maximum absolute atomic E-state index is 12.5. The number of aryl methyl sites for hydroxylation is 1. The van der Waals surface area contributed by atoms with Gasteiger partial charge in [0.2, 0.25) is 17.7 Å². The molecule has 0 spiro atoms. The van der Waals surface area contributed by atoms with Crippen LogP contribution in [-0.2, 0) is 20.8 Å². The van der Waals surface area contributed by atoms with Crippen LogP contribution in [0.25, 0.3) is 0 Å². The van der Waals surface area contributed by atoms with Gasteiger partial charge in [0.25, 0.3) is 0 Å². The van der Waals surface area contributed by atoms with Crippen molar-refractivity contribution in [3.8, 4) is 0 Å². The second-order valence-corrected chi connectivity index (χ2v) is 8.48. The lowest BCUT2D eigenvalue weighted by molar-refractivity contribution is -0.138. The molecule has 0 unspecified atom stereocenters. The van der Waals surface area contributed by atoms with Gasteiger partial charge in [-0.15, -0.1) is 11.3 Å². The van der Waals surface area contributed by atoms with E-state index in [1.807, 2.05) is 4.90 Å². The van der Waals surface area contributed by atoms with Crippen LogP contribution in [0, 0.1) is 12.8 Å². The van der Waals surface area contributed by atoms with Crippen LogP contribution in [0.1, 0.15) is 42.5 Å². The van der Waals surface area contributed by atoms with Crippen molar-refractivity contribution in [3.63, 3.8) is 0 Å². The Hall–Kier alpha value is -1.89. The Morgan fingerprint density at radius 2 is 2.00 bits per heavy atom. The van der Waals surface area contributed by atoms with E-state index in [9.17, 15) is 14.4 Å². The van der Waals surface area contributed by atoms with Crippen LogP contribution < -0.4 is 5.32 Å². The van der Waals surface area contributed by atoms with E-state index in [2.05, 4.69) is 23.7 Å². The topological polar surface area (TPSA) is 69.7 Å². The lowest BCUT2D eigenvalue weighted by atomic mass is 9.96. The van der Waals surface area contributed by atoms with E-state index in [-0.39, 0.29) is 23.6 Å². The van der Waals surface area contributed by atoms with Gasteiger partial charge >= 0.3 is 0 Å². The number of carbonyl (C=O) groups excluding carboxylic acids is 3. The maximum Gasteiger partial charge on any atom is 0.224 e. The van der Waals surface area contributed by atoms with Gasteiger partial charge in [-0.05, 0) is 49.6 Å². The van der Waals surface area contributed by atoms with Crippen molar-refractivity contribution in [2.75, 3.05) is 32.7 Å². The zero-order valence-electron chi connectivity index (χ0n) is 16.0. The molecule has 1 aromatic heterocycles. The molecule has 27 heavy (non-hydrogen) atoms. The first-order chi connectivity index (χ1) is 13.0. The molecular formula is C20H29N3O3S. The van der Waals surface area contributed by atoms with Gasteiger partial charge in [0.15, 0.2) is 0 Å². The molecule has 1 aromatic rings. The summed E-state index contributed by atoms with van der Waals surface area (Å²) in [4.78, 5) is 41.3. The van der Waals surface area contributed by atoms with Gasteiger partial charge in [0, 0.05) is 50.4 Å². The zero-order chi connectivity index (χ0) is 19.2. The normalized spacial score (nSPS) is 20.4. The highest BCUT2D eigenvalue weighted by molar-refractivity contribution is 7.10. The van der Waals surface area contributed by atoms with E-state index in [1.165, 1.54) is 10.4 Å². The van der Waals surface area contributed by atoms with E-state index in [0.717, 1.165) is 25.8 Å². The predicted molar refractivity (Wildman–Crippen MR) is 106 cm³/mol. The molecule has 0 bridgehead atoms. The van der Waals surface area contributed by atoms with Crippen LogP contribution in [0.2, 0.25) is 0 Å². The molecule has 2 aliphatic heterocycles. The van der Waals surface area contributed by atoms with Crippen molar-refractivity contribution in [1.82, 2.24) is 15.1 Å². The summed E-state index contributed by atoms with van der Waals surface area (Å²) in [6.45, 7) is 5.40. The first-order valence-electron chi connectivity index (χ1n) is 9.91. The number of thiophene rings is 1. The minimum Gasteiger partial charge on any atom is -0.355 e. The first-order valence-corrected chi connectivity index (χ1v) is 10.8. The predicted octanol–water partition coefficient (Wildman–Crippen LogP) is 1.97. The number of hydrogen-bond acceptors (Lipinski definition) is 4. The molecule has 3 heterocycles. The molecule has 1 atom stereocenters. The number of nitrogens with zero attached hydrogens (tertiary/aromatic N) is 2. The molecule has 0 saturated carbocycles. The number of likely N-dealkylation sites (tertiary alicyclic amines) is 2. The lowest BCUT2D eigenvalue weighted by Crippen LogP contribution is -2.46. The molecule has 148 valence electrons. The third-order valence-electron chi connectivity index (χ3n) is 5.52. The van der Waals surface area contributed by atoms with Crippen LogP contribution in [-0.4, -0.2) is 60.2 Å². The zero-order valence-corrected chi connectivity index (χ0v) is 16.9. The van der Waals surface area contributed by atoms with E-state index in [1.54, 1.807) is 16.2 Å². The van der Waals surface area contributed by atoms with Gasteiger partial charge in [-0.25, -0.2) is 0 Å². The average Bonchev–Trinajstić information content (AvgIpc) is 3.25. The van der Waals surface area contributed by atoms with Crippen molar-refractivity contribution >= 4 is 29.1 Å². The molecule has 0 radical (unpaired) electrons. The Kier molecular flexibility index (Phi) is 6.88. The summed E-state index contributed by atoms with van der Waals surface area (Å²) in [6.07, 6.45) is 4.29. The van der Waals surface area contributed by atoms with Crippen LogP contribution in [0.5, 0.6) is 0 Å². The van der Waals surface area contributed by atoms with Gasteiger partial charge in [0.05, 0.1) is 5.92 Å². The summed E-state index contributed by atoms with van der Waals surface area (Å²) < 4.78 is 0. The van der Waals surface area contributed by atoms with Gasteiger partial charge in [0.1, 0.15) is 0 Å². The Bertz CT molecular complexity index is 688. The maximum atomic E-state index is 12.5. The highest BCUT2D eigenvalue weighted by Gasteiger charge is 2.30.